The Kier molecular flexibility index (Phi) is 11.0. The van der Waals surface area contributed by atoms with Gasteiger partial charge in [0.05, 0.1) is 11.3 Å². The van der Waals surface area contributed by atoms with E-state index in [2.05, 4.69) is 6.58 Å². The lowest BCUT2D eigenvalue weighted by Gasteiger charge is -2.31. The van der Waals surface area contributed by atoms with Crippen molar-refractivity contribution >= 4 is 34.9 Å². The SMILES string of the molecule is C=C(C[S+]([O-])c1ccc(OCC(=O)O)c(C)c1)N(Oc1ccc(C(F)(F)F)cc1)[C@@H](CCSC)C(=O)O. The van der Waals surface area contributed by atoms with Crippen LogP contribution in [-0.2, 0) is 26.9 Å². The quantitative estimate of drug-likeness (QED) is 0.252. The molecule has 2 atom stereocenters. The van der Waals surface area contributed by atoms with Crippen molar-refractivity contribution in [2.75, 3.05) is 24.4 Å². The molecular formula is C24H26F3NO7S2. The molecular weight excluding hydrogens is 535 g/mol. The Morgan fingerprint density at radius 2 is 1.84 bits per heavy atom. The number of halogens is 3. The lowest BCUT2D eigenvalue weighted by atomic mass is 10.2. The number of alkyl halides is 3. The predicted molar refractivity (Wildman–Crippen MR) is 133 cm³/mol. The molecule has 0 bridgehead atoms. The average molecular weight is 562 g/mol. The molecule has 0 amide bonds. The van der Waals surface area contributed by atoms with Crippen LogP contribution in [0, 0.1) is 6.92 Å². The van der Waals surface area contributed by atoms with Crippen LogP contribution in [-0.4, -0.2) is 62.2 Å². The standard InChI is InChI=1S/C24H26F3NO7S2/c1-15-12-19(8-9-21(15)34-13-22(29)30)37(33)14-16(2)28(20(23(31)32)10-11-36-3)35-18-6-4-17(5-7-18)24(25,26)27/h4-9,12,20H,2,10-11,13-14H2,1,3H3,(H,29,30)(H,31,32)/t20-,37?/m0/s1. The van der Waals surface area contributed by atoms with E-state index in [0.717, 1.165) is 29.3 Å². The Bertz CT molecular complexity index is 1100. The number of aliphatic carboxylic acids is 2. The summed E-state index contributed by atoms with van der Waals surface area (Å²) in [6.45, 7) is 4.95. The number of carboxylic acids is 2. The molecule has 37 heavy (non-hydrogen) atoms. The van der Waals surface area contributed by atoms with Crippen LogP contribution < -0.4 is 9.57 Å². The van der Waals surface area contributed by atoms with Gasteiger partial charge in [0, 0.05) is 0 Å². The molecule has 0 fully saturated rings. The Balaban J connectivity index is 2.26. The van der Waals surface area contributed by atoms with Crippen molar-refractivity contribution in [1.82, 2.24) is 5.06 Å². The first-order chi connectivity index (χ1) is 17.3. The third kappa shape index (κ3) is 9.09. The Morgan fingerprint density at radius 3 is 2.35 bits per heavy atom. The number of thioether (sulfide) groups is 1. The molecule has 202 valence electrons. The number of aryl methyl sites for hydroxylation is 1. The van der Waals surface area contributed by atoms with Crippen molar-refractivity contribution in [2.45, 2.75) is 30.5 Å². The second-order valence-corrected chi connectivity index (χ2v) is 10.2. The monoisotopic (exact) mass is 561 g/mol. The van der Waals surface area contributed by atoms with Crippen LogP contribution in [0.15, 0.2) is 59.6 Å². The summed E-state index contributed by atoms with van der Waals surface area (Å²) in [6.07, 6.45) is -2.64. The summed E-state index contributed by atoms with van der Waals surface area (Å²) in [4.78, 5) is 28.8. The molecule has 0 aliphatic carbocycles. The van der Waals surface area contributed by atoms with Crippen LogP contribution in [0.4, 0.5) is 13.2 Å². The minimum Gasteiger partial charge on any atom is -0.611 e. The van der Waals surface area contributed by atoms with Crippen molar-refractivity contribution in [3.63, 3.8) is 0 Å². The topological polar surface area (TPSA) is 119 Å². The van der Waals surface area contributed by atoms with Gasteiger partial charge in [0.25, 0.3) is 0 Å². The zero-order chi connectivity index (χ0) is 27.8. The highest BCUT2D eigenvalue weighted by molar-refractivity contribution is 7.98. The summed E-state index contributed by atoms with van der Waals surface area (Å²) in [5.41, 5.74) is -0.316. The van der Waals surface area contributed by atoms with Crippen LogP contribution in [0.5, 0.6) is 11.5 Å². The predicted octanol–water partition coefficient (Wildman–Crippen LogP) is 4.60. The van der Waals surface area contributed by atoms with Crippen molar-refractivity contribution in [2.24, 2.45) is 0 Å². The molecule has 0 spiro atoms. The largest absolute Gasteiger partial charge is 0.611 e. The van der Waals surface area contributed by atoms with E-state index in [1.807, 2.05) is 0 Å². The van der Waals surface area contributed by atoms with Gasteiger partial charge < -0.3 is 24.3 Å². The molecule has 2 aromatic carbocycles. The summed E-state index contributed by atoms with van der Waals surface area (Å²) in [6, 6.07) is 7.00. The molecule has 1 unspecified atom stereocenters. The number of carboxylic acid groups (broad SMARTS) is 2. The van der Waals surface area contributed by atoms with Gasteiger partial charge in [-0.1, -0.05) is 6.58 Å². The minimum atomic E-state index is -4.55. The second-order valence-electron chi connectivity index (χ2n) is 7.74. The molecule has 0 heterocycles. The highest BCUT2D eigenvalue weighted by atomic mass is 32.2. The van der Waals surface area contributed by atoms with Crippen LogP contribution in [0.3, 0.4) is 0 Å². The second kappa shape index (κ2) is 13.5. The number of nitrogens with zero attached hydrogens (tertiary/aromatic N) is 1. The molecule has 0 saturated carbocycles. The van der Waals surface area contributed by atoms with Gasteiger partial charge in [-0.3, -0.25) is 0 Å². The molecule has 0 radical (unpaired) electrons. The summed E-state index contributed by atoms with van der Waals surface area (Å²) < 4.78 is 56.9. The molecule has 2 N–H and O–H groups in total. The van der Waals surface area contributed by atoms with E-state index in [1.54, 1.807) is 19.2 Å². The van der Waals surface area contributed by atoms with E-state index in [9.17, 15) is 32.4 Å². The van der Waals surface area contributed by atoms with E-state index < -0.39 is 47.5 Å². The zero-order valence-electron chi connectivity index (χ0n) is 20.0. The lowest BCUT2D eigenvalue weighted by Crippen LogP contribution is -2.44. The summed E-state index contributed by atoms with van der Waals surface area (Å²) >= 11 is -0.316. The van der Waals surface area contributed by atoms with Crippen molar-refractivity contribution in [3.05, 3.63) is 65.9 Å². The van der Waals surface area contributed by atoms with Crippen molar-refractivity contribution in [1.29, 1.82) is 0 Å². The fraction of sp³-hybridized carbons (Fsp3) is 0.333. The maximum atomic E-state index is 13.1. The summed E-state index contributed by atoms with van der Waals surface area (Å²) in [7, 11) is 0. The highest BCUT2D eigenvalue weighted by Gasteiger charge is 2.33. The fourth-order valence-electron chi connectivity index (χ4n) is 3.10. The molecule has 2 aromatic rings. The van der Waals surface area contributed by atoms with E-state index in [1.165, 1.54) is 23.9 Å². The number of hydrogen-bond acceptors (Lipinski definition) is 7. The molecule has 0 aliphatic heterocycles. The van der Waals surface area contributed by atoms with Crippen LogP contribution >= 0.6 is 11.8 Å². The Morgan fingerprint density at radius 1 is 1.19 bits per heavy atom. The summed E-state index contributed by atoms with van der Waals surface area (Å²) in [5.74, 6) is -1.94. The zero-order valence-corrected chi connectivity index (χ0v) is 21.6. The average Bonchev–Trinajstić information content (AvgIpc) is 2.82. The fourth-order valence-corrected chi connectivity index (χ4v) is 4.68. The normalized spacial score (nSPS) is 12.9. The molecule has 0 saturated heterocycles. The van der Waals surface area contributed by atoms with Crippen molar-refractivity contribution < 1.29 is 47.1 Å². The first-order valence-electron chi connectivity index (χ1n) is 10.7. The lowest BCUT2D eigenvalue weighted by molar-refractivity contribution is -0.154. The Labute approximate surface area is 219 Å². The maximum absolute atomic E-state index is 13.1. The van der Waals surface area contributed by atoms with Gasteiger partial charge in [0.15, 0.2) is 29.0 Å². The molecule has 13 heteroatoms. The van der Waals surface area contributed by atoms with Gasteiger partial charge in [-0.2, -0.15) is 30.0 Å². The molecule has 0 aliphatic rings. The van der Waals surface area contributed by atoms with Gasteiger partial charge in [-0.25, -0.2) is 9.59 Å². The number of rotatable bonds is 14. The van der Waals surface area contributed by atoms with E-state index in [4.69, 9.17) is 14.7 Å². The molecule has 2 rings (SSSR count). The van der Waals surface area contributed by atoms with E-state index >= 15 is 0 Å². The maximum Gasteiger partial charge on any atom is 0.416 e. The van der Waals surface area contributed by atoms with Gasteiger partial charge in [0.1, 0.15) is 5.75 Å². The number of carbonyl (C=O) groups is 2. The number of hydrogen-bond donors (Lipinski definition) is 2. The number of benzene rings is 2. The number of hydroxylamine groups is 2. The third-order valence-corrected chi connectivity index (χ3v) is 6.94. The van der Waals surface area contributed by atoms with Crippen LogP contribution in [0.1, 0.15) is 17.5 Å². The Hall–Kier alpha value is -3.03. The van der Waals surface area contributed by atoms with Gasteiger partial charge in [-0.15, -0.1) is 0 Å². The van der Waals surface area contributed by atoms with E-state index in [0.29, 0.717) is 22.0 Å². The van der Waals surface area contributed by atoms with Gasteiger partial charge >= 0.3 is 18.1 Å². The molecule has 0 aromatic heterocycles. The first kappa shape index (κ1) is 30.2. The summed E-state index contributed by atoms with van der Waals surface area (Å²) in [5, 5.41) is 19.5. The minimum absolute atomic E-state index is 0.0376. The third-order valence-electron chi connectivity index (χ3n) is 4.92. The van der Waals surface area contributed by atoms with Crippen LogP contribution in [0.2, 0.25) is 0 Å². The van der Waals surface area contributed by atoms with Crippen molar-refractivity contribution in [3.8, 4) is 11.5 Å². The van der Waals surface area contributed by atoms with Crippen LogP contribution in [0.25, 0.3) is 0 Å². The smallest absolute Gasteiger partial charge is 0.416 e. The first-order valence-corrected chi connectivity index (χ1v) is 13.4. The number of ether oxygens (including phenoxy) is 1. The van der Waals surface area contributed by atoms with Gasteiger partial charge in [-0.05, 0) is 84.6 Å². The highest BCUT2D eigenvalue weighted by Crippen LogP contribution is 2.31. The van der Waals surface area contributed by atoms with E-state index in [-0.39, 0.29) is 23.6 Å². The molecule has 8 nitrogen and oxygen atoms in total. The van der Waals surface area contributed by atoms with Gasteiger partial charge in [0.2, 0.25) is 0 Å².